The summed E-state index contributed by atoms with van der Waals surface area (Å²) in [4.78, 5) is 11.6. The van der Waals surface area contributed by atoms with Gasteiger partial charge in [-0.15, -0.1) is 0 Å². The van der Waals surface area contributed by atoms with E-state index in [1.807, 2.05) is 0 Å². The molecule has 0 amide bonds. The van der Waals surface area contributed by atoms with Crippen molar-refractivity contribution in [2.24, 2.45) is 5.92 Å². The average Bonchev–Trinajstić information content (AvgIpc) is 2.30. The number of ether oxygens (including phenoxy) is 1. The fraction of sp³-hybridized carbons (Fsp3) is 0.583. The summed E-state index contributed by atoms with van der Waals surface area (Å²) < 4.78 is 4.80. The van der Waals surface area contributed by atoms with Crippen molar-refractivity contribution in [2.75, 3.05) is 13.7 Å². The topological polar surface area (TPSA) is 38.3 Å². The second-order valence-corrected chi connectivity index (χ2v) is 3.84. The van der Waals surface area contributed by atoms with Crippen LogP contribution in [-0.4, -0.2) is 25.7 Å². The molecule has 1 saturated heterocycles. The molecule has 2 atom stereocenters. The third kappa shape index (κ3) is 2.93. The highest BCUT2D eigenvalue weighted by atomic mass is 16.5. The molecule has 0 aromatic rings. The molecular formula is C12H19NO2. The van der Waals surface area contributed by atoms with Gasteiger partial charge in [0.15, 0.2) is 0 Å². The standard InChI is InChI=1S/C12H19NO2/c1-4-9(2)11(12(14)15-3)10-7-5-6-8-13-10/h4,10-11,13H,1-2,5-8H2,3H3. The molecule has 3 nitrogen and oxygen atoms in total. The average molecular weight is 209 g/mol. The molecule has 0 aromatic carbocycles. The number of methoxy groups -OCH3 is 1. The molecule has 1 aliphatic heterocycles. The molecule has 0 saturated carbocycles. The normalized spacial score (nSPS) is 22.9. The third-order valence-corrected chi connectivity index (χ3v) is 2.87. The zero-order valence-corrected chi connectivity index (χ0v) is 9.29. The van der Waals surface area contributed by atoms with Gasteiger partial charge in [-0.2, -0.15) is 0 Å². The fourth-order valence-electron chi connectivity index (χ4n) is 1.99. The molecule has 0 aromatic heterocycles. The highest BCUT2D eigenvalue weighted by molar-refractivity contribution is 5.77. The second-order valence-electron chi connectivity index (χ2n) is 3.84. The molecule has 15 heavy (non-hydrogen) atoms. The van der Waals surface area contributed by atoms with Crippen LogP contribution in [0.3, 0.4) is 0 Å². The van der Waals surface area contributed by atoms with E-state index in [1.54, 1.807) is 6.08 Å². The van der Waals surface area contributed by atoms with Crippen molar-refractivity contribution < 1.29 is 9.53 Å². The minimum Gasteiger partial charge on any atom is -0.469 e. The molecule has 1 fully saturated rings. The molecule has 1 aliphatic rings. The van der Waals surface area contributed by atoms with Gasteiger partial charge in [0.1, 0.15) is 0 Å². The van der Waals surface area contributed by atoms with Crippen LogP contribution in [0.1, 0.15) is 19.3 Å². The number of allylic oxidation sites excluding steroid dienone is 1. The number of rotatable bonds is 4. The molecule has 0 bridgehead atoms. The summed E-state index contributed by atoms with van der Waals surface area (Å²) in [6.07, 6.45) is 4.95. The number of esters is 1. The SMILES string of the molecule is C=CC(=C)C(C(=O)OC)C1CCCCN1. The molecular weight excluding hydrogens is 190 g/mol. The number of hydrogen-bond acceptors (Lipinski definition) is 3. The monoisotopic (exact) mass is 209 g/mol. The molecule has 0 spiro atoms. The molecule has 1 rings (SSSR count). The Balaban J connectivity index is 2.74. The third-order valence-electron chi connectivity index (χ3n) is 2.87. The van der Waals surface area contributed by atoms with E-state index in [9.17, 15) is 4.79 Å². The maximum Gasteiger partial charge on any atom is 0.314 e. The molecule has 2 unspecified atom stereocenters. The van der Waals surface area contributed by atoms with Crippen molar-refractivity contribution in [3.63, 3.8) is 0 Å². The molecule has 3 heteroatoms. The van der Waals surface area contributed by atoms with E-state index in [0.717, 1.165) is 25.0 Å². The van der Waals surface area contributed by atoms with Crippen LogP contribution in [0.15, 0.2) is 24.8 Å². The first-order valence-corrected chi connectivity index (χ1v) is 5.33. The molecule has 1 heterocycles. The fourth-order valence-corrected chi connectivity index (χ4v) is 1.99. The van der Waals surface area contributed by atoms with Gasteiger partial charge in [-0.05, 0) is 25.0 Å². The Kier molecular flexibility index (Phi) is 4.56. The van der Waals surface area contributed by atoms with Gasteiger partial charge in [-0.25, -0.2) is 0 Å². The Hall–Kier alpha value is -1.09. The van der Waals surface area contributed by atoms with Crippen LogP contribution in [0, 0.1) is 5.92 Å². The molecule has 1 N–H and O–H groups in total. The van der Waals surface area contributed by atoms with E-state index in [1.165, 1.54) is 13.5 Å². The largest absolute Gasteiger partial charge is 0.469 e. The van der Waals surface area contributed by atoms with E-state index in [4.69, 9.17) is 4.74 Å². The van der Waals surface area contributed by atoms with Crippen molar-refractivity contribution in [2.45, 2.75) is 25.3 Å². The smallest absolute Gasteiger partial charge is 0.314 e. The maximum absolute atomic E-state index is 11.6. The van der Waals surface area contributed by atoms with Crippen molar-refractivity contribution >= 4 is 5.97 Å². The first-order chi connectivity index (χ1) is 7.20. The highest BCUT2D eigenvalue weighted by Gasteiger charge is 2.31. The first kappa shape index (κ1) is 12.0. The lowest BCUT2D eigenvalue weighted by atomic mass is 9.87. The van der Waals surface area contributed by atoms with E-state index in [2.05, 4.69) is 18.5 Å². The summed E-state index contributed by atoms with van der Waals surface area (Å²) in [7, 11) is 1.41. The van der Waals surface area contributed by atoms with Gasteiger partial charge in [0, 0.05) is 6.04 Å². The van der Waals surface area contributed by atoms with Gasteiger partial charge in [0.25, 0.3) is 0 Å². The zero-order chi connectivity index (χ0) is 11.3. The highest BCUT2D eigenvalue weighted by Crippen LogP contribution is 2.22. The van der Waals surface area contributed by atoms with Gasteiger partial charge in [-0.1, -0.05) is 25.7 Å². The number of nitrogens with one attached hydrogen (secondary N) is 1. The van der Waals surface area contributed by atoms with E-state index < -0.39 is 0 Å². The van der Waals surface area contributed by atoms with E-state index in [0.29, 0.717) is 0 Å². The Morgan fingerprint density at radius 1 is 1.60 bits per heavy atom. The number of piperidine rings is 1. The summed E-state index contributed by atoms with van der Waals surface area (Å²) in [5, 5.41) is 3.34. The summed E-state index contributed by atoms with van der Waals surface area (Å²) in [6.45, 7) is 8.48. The summed E-state index contributed by atoms with van der Waals surface area (Å²) >= 11 is 0. The zero-order valence-electron chi connectivity index (χ0n) is 9.29. The Morgan fingerprint density at radius 2 is 2.33 bits per heavy atom. The molecule has 0 radical (unpaired) electrons. The van der Waals surface area contributed by atoms with Crippen molar-refractivity contribution in [1.82, 2.24) is 5.32 Å². The lowest BCUT2D eigenvalue weighted by Gasteiger charge is -2.30. The van der Waals surface area contributed by atoms with Gasteiger partial charge in [-0.3, -0.25) is 4.79 Å². The predicted octanol–water partition coefficient (Wildman–Crippen LogP) is 1.66. The van der Waals surface area contributed by atoms with Crippen molar-refractivity contribution in [3.05, 3.63) is 24.8 Å². The quantitative estimate of drug-likeness (QED) is 0.565. The Labute approximate surface area is 91.2 Å². The Bertz CT molecular complexity index is 254. The van der Waals surface area contributed by atoms with Crippen LogP contribution < -0.4 is 5.32 Å². The van der Waals surface area contributed by atoms with Gasteiger partial charge in [0.05, 0.1) is 13.0 Å². The van der Waals surface area contributed by atoms with E-state index >= 15 is 0 Å². The molecule has 84 valence electrons. The lowest BCUT2D eigenvalue weighted by molar-refractivity contribution is -0.145. The van der Waals surface area contributed by atoms with Crippen LogP contribution in [0.5, 0.6) is 0 Å². The lowest BCUT2D eigenvalue weighted by Crippen LogP contribution is -2.44. The second kappa shape index (κ2) is 5.71. The summed E-state index contributed by atoms with van der Waals surface area (Å²) in [5.74, 6) is -0.507. The summed E-state index contributed by atoms with van der Waals surface area (Å²) in [6, 6.07) is 0.150. The minimum absolute atomic E-state index is 0.150. The number of carbonyl (C=O) groups is 1. The maximum atomic E-state index is 11.6. The van der Waals surface area contributed by atoms with Crippen LogP contribution in [0.2, 0.25) is 0 Å². The van der Waals surface area contributed by atoms with Gasteiger partial charge in [0.2, 0.25) is 0 Å². The van der Waals surface area contributed by atoms with Gasteiger partial charge >= 0.3 is 5.97 Å². The van der Waals surface area contributed by atoms with E-state index in [-0.39, 0.29) is 17.9 Å². The van der Waals surface area contributed by atoms with Crippen LogP contribution >= 0.6 is 0 Å². The van der Waals surface area contributed by atoms with Gasteiger partial charge < -0.3 is 10.1 Å². The van der Waals surface area contributed by atoms with Crippen molar-refractivity contribution in [1.29, 1.82) is 0 Å². The van der Waals surface area contributed by atoms with Crippen LogP contribution in [0.25, 0.3) is 0 Å². The predicted molar refractivity (Wildman–Crippen MR) is 60.5 cm³/mol. The van der Waals surface area contributed by atoms with Crippen LogP contribution in [0.4, 0.5) is 0 Å². The summed E-state index contributed by atoms with van der Waals surface area (Å²) in [5.41, 5.74) is 0.737. The Morgan fingerprint density at radius 3 is 2.80 bits per heavy atom. The molecule has 0 aliphatic carbocycles. The van der Waals surface area contributed by atoms with Crippen molar-refractivity contribution in [3.8, 4) is 0 Å². The van der Waals surface area contributed by atoms with Crippen LogP contribution in [-0.2, 0) is 9.53 Å². The first-order valence-electron chi connectivity index (χ1n) is 5.33. The number of hydrogen-bond donors (Lipinski definition) is 1. The minimum atomic E-state index is -0.284. The number of carbonyl (C=O) groups excluding carboxylic acids is 1.